The lowest BCUT2D eigenvalue weighted by Crippen LogP contribution is -2.55. The zero-order valence-electron chi connectivity index (χ0n) is 34.7. The first-order chi connectivity index (χ1) is 30.5. The number of nitrogens with one attached hydrogen (secondary N) is 5. The largest absolute Gasteiger partial charge is 0.352 e. The first-order valence-corrected chi connectivity index (χ1v) is 21.7. The summed E-state index contributed by atoms with van der Waals surface area (Å²) in [5, 5.41) is 12.5. The van der Waals surface area contributed by atoms with Crippen molar-refractivity contribution in [3.63, 3.8) is 0 Å². The standard InChI is InChI=1S/C24H23N5O5.C23H25Cl2FN2O/c30-15-27-20-9-8-17(13-26-20)23(32)25-12-3-1-2-5-16-6-4-7-18-19(16)14-29(24(18)33)22-11-10-21(31)28-34-22;1-22(17-9-8-15(24)12-20(17)27-14-29)18(16-6-5-7-19(25)21(16)26)13-28-23(22)10-3-2-4-11-23/h4,6-9,13,15,22H,1,3,10-12,14H2,(H,25,32)(H,28,31)(H,26,27,30);5-9,12,14,18,28H,2-4,10-11,13H2,1H3,(H,27,29)/t;18?,22-/m.1/s1. The lowest BCUT2D eigenvalue weighted by atomic mass is 9.56. The quantitative estimate of drug-likeness (QED) is 0.0590. The molecule has 1 aliphatic carbocycles. The van der Waals surface area contributed by atoms with Crippen LogP contribution < -0.4 is 26.7 Å². The summed E-state index contributed by atoms with van der Waals surface area (Å²) in [5.74, 6) is 5.55. The number of hydrogen-bond donors (Lipinski definition) is 5. The van der Waals surface area contributed by atoms with E-state index in [1.54, 1.807) is 47.4 Å². The van der Waals surface area contributed by atoms with Crippen LogP contribution >= 0.6 is 23.2 Å². The zero-order valence-corrected chi connectivity index (χ0v) is 36.2. The van der Waals surface area contributed by atoms with E-state index in [9.17, 15) is 24.0 Å². The summed E-state index contributed by atoms with van der Waals surface area (Å²) in [6.07, 6.45) is 9.55. The van der Waals surface area contributed by atoms with Gasteiger partial charge in [0.05, 0.1) is 17.1 Å². The van der Waals surface area contributed by atoms with Gasteiger partial charge in [0.2, 0.25) is 18.7 Å². The molecule has 1 saturated carbocycles. The van der Waals surface area contributed by atoms with Crippen LogP contribution in [0.2, 0.25) is 10.0 Å². The van der Waals surface area contributed by atoms with E-state index in [2.05, 4.69) is 50.5 Å². The van der Waals surface area contributed by atoms with E-state index in [-0.39, 0.29) is 40.0 Å². The van der Waals surface area contributed by atoms with Crippen LogP contribution in [-0.4, -0.2) is 65.3 Å². The van der Waals surface area contributed by atoms with Crippen molar-refractivity contribution in [1.82, 2.24) is 26.0 Å². The van der Waals surface area contributed by atoms with Gasteiger partial charge in [-0.15, -0.1) is 0 Å². The third-order valence-electron chi connectivity index (χ3n) is 12.6. The third-order valence-corrected chi connectivity index (χ3v) is 13.2. The van der Waals surface area contributed by atoms with Crippen molar-refractivity contribution in [2.45, 2.75) is 94.4 Å². The fourth-order valence-corrected chi connectivity index (χ4v) is 9.77. The molecule has 3 fully saturated rings. The minimum atomic E-state index is -0.491. The van der Waals surface area contributed by atoms with E-state index in [4.69, 9.17) is 28.0 Å². The SMILES string of the molecule is C[C@@]1(c2ccc(Cl)cc2NC=O)C(c2cccc(Cl)c2F)CNC12CCCCC2.O=CNc1ccc(C(=O)NCCCC#Cc2cccc3c2CN(C2CCC(=O)NO2)C3=O)cn1. The van der Waals surface area contributed by atoms with Crippen molar-refractivity contribution in [2.75, 3.05) is 23.7 Å². The predicted molar refractivity (Wildman–Crippen MR) is 237 cm³/mol. The van der Waals surface area contributed by atoms with Crippen LogP contribution in [0.1, 0.15) is 114 Å². The summed E-state index contributed by atoms with van der Waals surface area (Å²) in [5.41, 5.74) is 6.62. The second-order valence-corrected chi connectivity index (χ2v) is 17.0. The van der Waals surface area contributed by atoms with Gasteiger partial charge in [0.1, 0.15) is 11.6 Å². The Labute approximate surface area is 375 Å². The Morgan fingerprint density at radius 1 is 1.03 bits per heavy atom. The van der Waals surface area contributed by atoms with Gasteiger partial charge in [-0.2, -0.15) is 0 Å². The Kier molecular flexibility index (Phi) is 14.4. The zero-order chi connectivity index (χ0) is 44.6. The van der Waals surface area contributed by atoms with E-state index >= 15 is 4.39 Å². The maximum absolute atomic E-state index is 15.1. The molecule has 0 radical (unpaired) electrons. The molecule has 2 unspecified atom stereocenters. The van der Waals surface area contributed by atoms with Crippen molar-refractivity contribution in [2.24, 2.45) is 0 Å². The third kappa shape index (κ3) is 9.57. The molecule has 3 aliphatic heterocycles. The maximum Gasteiger partial charge on any atom is 0.256 e. The fraction of sp³-hybridized carbons (Fsp3) is 0.362. The van der Waals surface area contributed by atoms with Crippen LogP contribution in [0.5, 0.6) is 0 Å². The second-order valence-electron chi connectivity index (χ2n) is 16.1. The second kappa shape index (κ2) is 20.1. The summed E-state index contributed by atoms with van der Waals surface area (Å²) in [7, 11) is 0. The lowest BCUT2D eigenvalue weighted by molar-refractivity contribution is -0.162. The van der Waals surface area contributed by atoms with E-state index in [1.165, 1.54) is 12.6 Å². The monoisotopic (exact) mass is 895 g/mol. The Balaban J connectivity index is 0.000000191. The molecule has 1 spiro atoms. The molecule has 4 aliphatic rings. The molecule has 3 aromatic carbocycles. The first-order valence-electron chi connectivity index (χ1n) is 21.0. The molecule has 328 valence electrons. The topological polar surface area (TPSA) is 171 Å². The number of aromatic nitrogens is 1. The molecule has 4 aromatic rings. The van der Waals surface area contributed by atoms with E-state index in [0.29, 0.717) is 91.4 Å². The van der Waals surface area contributed by atoms with Crippen molar-refractivity contribution in [3.8, 4) is 11.8 Å². The van der Waals surface area contributed by atoms with Crippen molar-refractivity contribution < 1.29 is 33.2 Å². The van der Waals surface area contributed by atoms with Gasteiger partial charge in [-0.25, -0.2) is 19.7 Å². The van der Waals surface area contributed by atoms with Crippen molar-refractivity contribution in [1.29, 1.82) is 0 Å². The average molecular weight is 897 g/mol. The molecule has 63 heavy (non-hydrogen) atoms. The summed E-state index contributed by atoms with van der Waals surface area (Å²) in [4.78, 5) is 68.9. The molecule has 16 heteroatoms. The Hall–Kier alpha value is -5.85. The highest BCUT2D eigenvalue weighted by Crippen LogP contribution is 2.58. The molecule has 4 heterocycles. The molecule has 2 saturated heterocycles. The van der Waals surface area contributed by atoms with Crippen molar-refractivity contribution >= 4 is 65.2 Å². The van der Waals surface area contributed by atoms with Crippen molar-refractivity contribution in [3.05, 3.63) is 122 Å². The number of amides is 5. The summed E-state index contributed by atoms with van der Waals surface area (Å²) in [6, 6.07) is 19.4. The van der Waals surface area contributed by atoms with Gasteiger partial charge in [-0.05, 0) is 78.4 Å². The summed E-state index contributed by atoms with van der Waals surface area (Å²) < 4.78 is 15.1. The number of benzene rings is 3. The van der Waals surface area contributed by atoms with Crippen LogP contribution in [-0.2, 0) is 31.2 Å². The van der Waals surface area contributed by atoms with Gasteiger partial charge in [0.15, 0.2) is 6.23 Å². The number of fused-ring (bicyclic) bond motifs is 1. The number of pyridine rings is 1. The number of nitrogens with zero attached hydrogens (tertiary/aromatic N) is 2. The summed E-state index contributed by atoms with van der Waals surface area (Å²) >= 11 is 12.4. The maximum atomic E-state index is 15.1. The van der Waals surface area contributed by atoms with Gasteiger partial charge >= 0.3 is 0 Å². The molecule has 0 bridgehead atoms. The molecule has 8 rings (SSSR count). The van der Waals surface area contributed by atoms with E-state index < -0.39 is 11.6 Å². The number of hydroxylamine groups is 1. The van der Waals surface area contributed by atoms with Gasteiger partial charge < -0.3 is 26.2 Å². The number of unbranched alkanes of at least 4 members (excludes halogenated alkanes) is 1. The highest BCUT2D eigenvalue weighted by atomic mass is 35.5. The van der Waals surface area contributed by atoms with Crippen LogP contribution in [0.25, 0.3) is 0 Å². The average Bonchev–Trinajstić information content (AvgIpc) is 3.77. The number of hydrogen-bond acceptors (Lipinski definition) is 8. The minimum Gasteiger partial charge on any atom is -0.352 e. The first kappa shape index (κ1) is 45.2. The Morgan fingerprint density at radius 2 is 1.83 bits per heavy atom. The van der Waals surface area contributed by atoms with Crippen LogP contribution in [0.15, 0.2) is 72.9 Å². The Morgan fingerprint density at radius 3 is 2.56 bits per heavy atom. The minimum absolute atomic E-state index is 0.132. The van der Waals surface area contributed by atoms with Gasteiger partial charge in [0, 0.05) is 77.3 Å². The smallest absolute Gasteiger partial charge is 0.256 e. The molecule has 5 N–H and O–H groups in total. The van der Waals surface area contributed by atoms with Gasteiger partial charge in [-0.3, -0.25) is 24.0 Å². The predicted octanol–water partition coefficient (Wildman–Crippen LogP) is 7.38. The van der Waals surface area contributed by atoms with E-state index in [1.807, 2.05) is 24.3 Å². The number of rotatable bonds is 11. The highest BCUT2D eigenvalue weighted by molar-refractivity contribution is 6.31. The number of halogens is 3. The fourth-order valence-electron chi connectivity index (χ4n) is 9.41. The summed E-state index contributed by atoms with van der Waals surface area (Å²) in [6.45, 7) is 3.68. The number of carbonyl (C=O) groups excluding carboxylic acids is 5. The molecule has 1 aromatic heterocycles. The number of carbonyl (C=O) groups is 5. The molecular formula is C47H48Cl2FN7O6. The Bertz CT molecular complexity index is 2430. The molecular weight excluding hydrogens is 848 g/mol. The van der Waals surface area contributed by atoms with Crippen LogP contribution in [0.3, 0.4) is 0 Å². The van der Waals surface area contributed by atoms with Crippen LogP contribution in [0, 0.1) is 17.7 Å². The molecule has 13 nitrogen and oxygen atoms in total. The van der Waals surface area contributed by atoms with E-state index in [0.717, 1.165) is 42.4 Å². The highest BCUT2D eigenvalue weighted by Gasteiger charge is 2.59. The number of anilines is 2. The molecule has 3 atom stereocenters. The van der Waals surface area contributed by atoms with Crippen LogP contribution in [0.4, 0.5) is 15.9 Å². The normalized spacial score (nSPS) is 20.9. The lowest BCUT2D eigenvalue weighted by Gasteiger charge is -2.49. The van der Waals surface area contributed by atoms with Gasteiger partial charge in [-0.1, -0.05) is 85.5 Å². The molecule has 5 amide bonds. The van der Waals surface area contributed by atoms with Gasteiger partial charge in [0.25, 0.3) is 11.8 Å².